The molecule has 0 aliphatic carbocycles. The normalized spacial score (nSPS) is 10.6. The van der Waals surface area contributed by atoms with Crippen LogP contribution in [-0.2, 0) is 12.2 Å². The Morgan fingerprint density at radius 3 is 2.65 bits per heavy atom. The third-order valence-corrected chi connectivity index (χ3v) is 4.64. The zero-order valence-electron chi connectivity index (χ0n) is 12.0. The number of rotatable bonds is 6. The molecule has 0 bridgehead atoms. The number of aromatic nitrogens is 1. The van der Waals surface area contributed by atoms with E-state index in [1.807, 2.05) is 25.1 Å². The molecule has 0 N–H and O–H groups in total. The third kappa shape index (κ3) is 2.94. The van der Waals surface area contributed by atoms with Gasteiger partial charge in [-0.3, -0.25) is 0 Å². The van der Waals surface area contributed by atoms with Crippen molar-refractivity contribution in [2.75, 3.05) is 13.7 Å². The Bertz CT molecular complexity index is 560. The number of ether oxygens (including phenoxy) is 2. The van der Waals surface area contributed by atoms with Crippen molar-refractivity contribution < 1.29 is 9.47 Å². The minimum atomic E-state index is 0.596. The SMILES string of the molecule is CCOc1c(OC)cccc1-c1nc(CC)c(CS)s1. The molecule has 2 rings (SSSR count). The highest BCUT2D eigenvalue weighted by atomic mass is 32.1. The van der Waals surface area contributed by atoms with Crippen molar-refractivity contribution in [2.24, 2.45) is 0 Å². The lowest BCUT2D eigenvalue weighted by atomic mass is 10.2. The maximum absolute atomic E-state index is 5.75. The molecule has 2 aromatic rings. The summed E-state index contributed by atoms with van der Waals surface area (Å²) in [5.74, 6) is 2.22. The van der Waals surface area contributed by atoms with Gasteiger partial charge in [0.15, 0.2) is 11.5 Å². The van der Waals surface area contributed by atoms with Crippen LogP contribution in [0.4, 0.5) is 0 Å². The second kappa shape index (κ2) is 6.99. The first kappa shape index (κ1) is 15.2. The van der Waals surface area contributed by atoms with Gasteiger partial charge in [0.05, 0.1) is 25.0 Å². The van der Waals surface area contributed by atoms with Crippen LogP contribution in [0.2, 0.25) is 0 Å². The van der Waals surface area contributed by atoms with Gasteiger partial charge in [-0.15, -0.1) is 11.3 Å². The molecule has 5 heteroatoms. The molecule has 3 nitrogen and oxygen atoms in total. The van der Waals surface area contributed by atoms with Gasteiger partial charge in [-0.25, -0.2) is 4.98 Å². The van der Waals surface area contributed by atoms with Crippen LogP contribution in [0.1, 0.15) is 24.4 Å². The lowest BCUT2D eigenvalue weighted by Gasteiger charge is -2.12. The third-order valence-electron chi connectivity index (χ3n) is 2.97. The molecule has 0 saturated carbocycles. The second-order valence-electron chi connectivity index (χ2n) is 4.17. The molecule has 0 amide bonds. The minimum Gasteiger partial charge on any atom is -0.493 e. The number of hydrogen-bond donors (Lipinski definition) is 1. The summed E-state index contributed by atoms with van der Waals surface area (Å²) in [4.78, 5) is 5.94. The quantitative estimate of drug-likeness (QED) is 0.811. The average Bonchev–Trinajstić information content (AvgIpc) is 2.91. The smallest absolute Gasteiger partial charge is 0.171 e. The van der Waals surface area contributed by atoms with Gasteiger partial charge >= 0.3 is 0 Å². The molecule has 0 saturated heterocycles. The van der Waals surface area contributed by atoms with Gasteiger partial charge in [0.1, 0.15) is 5.01 Å². The van der Waals surface area contributed by atoms with E-state index in [1.165, 1.54) is 4.88 Å². The van der Waals surface area contributed by atoms with Gasteiger partial charge < -0.3 is 9.47 Å². The Morgan fingerprint density at radius 2 is 2.10 bits per heavy atom. The van der Waals surface area contributed by atoms with Crippen molar-refractivity contribution in [2.45, 2.75) is 26.0 Å². The molecule has 0 aliphatic heterocycles. The fraction of sp³-hybridized carbons (Fsp3) is 0.400. The van der Waals surface area contributed by atoms with Crippen molar-refractivity contribution in [3.05, 3.63) is 28.8 Å². The van der Waals surface area contributed by atoms with Gasteiger partial charge in [0.2, 0.25) is 0 Å². The van der Waals surface area contributed by atoms with Crippen LogP contribution >= 0.6 is 24.0 Å². The van der Waals surface area contributed by atoms with Crippen molar-refractivity contribution in [3.8, 4) is 22.1 Å². The van der Waals surface area contributed by atoms with Crippen LogP contribution in [-0.4, -0.2) is 18.7 Å². The molecule has 20 heavy (non-hydrogen) atoms. The molecular weight excluding hydrogens is 290 g/mol. The van der Waals surface area contributed by atoms with Crippen LogP contribution in [0.5, 0.6) is 11.5 Å². The molecule has 1 aromatic heterocycles. The van der Waals surface area contributed by atoms with Gasteiger partial charge in [-0.05, 0) is 25.5 Å². The Morgan fingerprint density at radius 1 is 1.30 bits per heavy atom. The first-order valence-electron chi connectivity index (χ1n) is 6.64. The van der Waals surface area contributed by atoms with Crippen molar-refractivity contribution in [3.63, 3.8) is 0 Å². The van der Waals surface area contributed by atoms with E-state index < -0.39 is 0 Å². The molecule has 0 unspecified atom stereocenters. The maximum atomic E-state index is 5.75. The number of thiazole rings is 1. The molecule has 0 spiro atoms. The molecule has 0 aliphatic rings. The summed E-state index contributed by atoms with van der Waals surface area (Å²) in [6.45, 7) is 4.67. The highest BCUT2D eigenvalue weighted by molar-refractivity contribution is 7.79. The Labute approximate surface area is 129 Å². The Hall–Kier alpha value is -1.20. The molecule has 1 aromatic carbocycles. The van der Waals surface area contributed by atoms with Crippen LogP contribution in [0, 0.1) is 0 Å². The van der Waals surface area contributed by atoms with Crippen molar-refractivity contribution in [1.82, 2.24) is 4.98 Å². The van der Waals surface area contributed by atoms with E-state index in [2.05, 4.69) is 19.6 Å². The summed E-state index contributed by atoms with van der Waals surface area (Å²) < 4.78 is 11.1. The highest BCUT2D eigenvalue weighted by Gasteiger charge is 2.17. The zero-order chi connectivity index (χ0) is 14.5. The van der Waals surface area contributed by atoms with Crippen LogP contribution < -0.4 is 9.47 Å². The molecule has 108 valence electrons. The number of methoxy groups -OCH3 is 1. The molecule has 0 fully saturated rings. The fourth-order valence-corrected chi connectivity index (χ4v) is 3.44. The standard InChI is InChI=1S/C15H19NO2S2/c1-4-11-13(9-19)20-15(16-11)10-7-6-8-12(17-3)14(10)18-5-2/h6-8,19H,4-5,9H2,1-3H3. The van der Waals surface area contributed by atoms with Crippen molar-refractivity contribution >= 4 is 24.0 Å². The minimum absolute atomic E-state index is 0.596. The highest BCUT2D eigenvalue weighted by Crippen LogP contribution is 2.40. The van der Waals surface area contributed by atoms with E-state index in [0.717, 1.165) is 39.9 Å². The number of nitrogens with zero attached hydrogens (tertiary/aromatic N) is 1. The van der Waals surface area contributed by atoms with E-state index in [9.17, 15) is 0 Å². The number of aryl methyl sites for hydroxylation is 1. The summed E-state index contributed by atoms with van der Waals surface area (Å²) in [6.07, 6.45) is 0.917. The predicted molar refractivity (Wildman–Crippen MR) is 87.3 cm³/mol. The lowest BCUT2D eigenvalue weighted by molar-refractivity contribution is 0.312. The Balaban J connectivity index is 2.53. The number of para-hydroxylation sites is 1. The lowest BCUT2D eigenvalue weighted by Crippen LogP contribution is -1.97. The van der Waals surface area contributed by atoms with E-state index in [4.69, 9.17) is 14.5 Å². The molecule has 0 atom stereocenters. The summed E-state index contributed by atoms with van der Waals surface area (Å²) in [6, 6.07) is 5.89. The van der Waals surface area contributed by atoms with E-state index >= 15 is 0 Å². The van der Waals surface area contributed by atoms with E-state index in [0.29, 0.717) is 6.61 Å². The molecule has 0 radical (unpaired) electrons. The number of benzene rings is 1. The number of thiol groups is 1. The first-order valence-corrected chi connectivity index (χ1v) is 8.09. The van der Waals surface area contributed by atoms with E-state index in [-0.39, 0.29) is 0 Å². The monoisotopic (exact) mass is 309 g/mol. The fourth-order valence-electron chi connectivity index (χ4n) is 2.04. The van der Waals surface area contributed by atoms with Gasteiger partial charge in [-0.1, -0.05) is 13.0 Å². The van der Waals surface area contributed by atoms with E-state index in [1.54, 1.807) is 18.4 Å². The first-order chi connectivity index (χ1) is 9.74. The summed E-state index contributed by atoms with van der Waals surface area (Å²) in [5.41, 5.74) is 2.10. The van der Waals surface area contributed by atoms with Gasteiger partial charge in [-0.2, -0.15) is 12.6 Å². The topological polar surface area (TPSA) is 31.4 Å². The summed E-state index contributed by atoms with van der Waals surface area (Å²) in [5, 5.41) is 0.966. The average molecular weight is 309 g/mol. The summed E-state index contributed by atoms with van der Waals surface area (Å²) >= 11 is 6.05. The van der Waals surface area contributed by atoms with Gasteiger partial charge in [0.25, 0.3) is 0 Å². The van der Waals surface area contributed by atoms with Gasteiger partial charge in [0, 0.05) is 10.6 Å². The predicted octanol–water partition coefficient (Wildman–Crippen LogP) is 4.21. The number of hydrogen-bond acceptors (Lipinski definition) is 5. The van der Waals surface area contributed by atoms with Crippen LogP contribution in [0.15, 0.2) is 18.2 Å². The Kier molecular flexibility index (Phi) is 5.31. The second-order valence-corrected chi connectivity index (χ2v) is 5.57. The van der Waals surface area contributed by atoms with Crippen molar-refractivity contribution in [1.29, 1.82) is 0 Å². The molecule has 1 heterocycles. The van der Waals surface area contributed by atoms with Crippen LogP contribution in [0.3, 0.4) is 0 Å². The van der Waals surface area contributed by atoms with Crippen LogP contribution in [0.25, 0.3) is 10.6 Å². The zero-order valence-corrected chi connectivity index (χ0v) is 13.7. The maximum Gasteiger partial charge on any atom is 0.171 e. The summed E-state index contributed by atoms with van der Waals surface area (Å²) in [7, 11) is 1.65. The largest absolute Gasteiger partial charge is 0.493 e. The molecular formula is C15H19NO2S2.